The van der Waals surface area contributed by atoms with Gasteiger partial charge in [-0.2, -0.15) is 0 Å². The molecule has 4 heterocycles. The van der Waals surface area contributed by atoms with E-state index in [1.165, 1.54) is 29.6 Å². The molecule has 4 aromatic rings. The zero-order valence-corrected chi connectivity index (χ0v) is 46.6. The summed E-state index contributed by atoms with van der Waals surface area (Å²) in [6, 6.07) is 11.6. The molecule has 20 heteroatoms. The second-order valence-corrected chi connectivity index (χ2v) is 23.6. The Morgan fingerprint density at radius 3 is 1.30 bits per heavy atom. The molecule has 0 spiro atoms. The van der Waals surface area contributed by atoms with Gasteiger partial charge in [0.25, 0.3) is 5.91 Å². The highest BCUT2D eigenvalue weighted by atomic mass is 32.1. The van der Waals surface area contributed by atoms with Crippen molar-refractivity contribution in [3.63, 3.8) is 0 Å². The van der Waals surface area contributed by atoms with Crippen molar-refractivity contribution in [2.75, 3.05) is 0 Å². The number of carbonyl (C=O) groups is 10. The van der Waals surface area contributed by atoms with Crippen LogP contribution in [0.2, 0.25) is 0 Å². The van der Waals surface area contributed by atoms with Gasteiger partial charge in [-0.15, -0.1) is 45.3 Å². The lowest BCUT2D eigenvalue weighted by molar-refractivity contribution is -0.148. The van der Waals surface area contributed by atoms with Crippen molar-refractivity contribution < 1.29 is 63.3 Å². The van der Waals surface area contributed by atoms with Crippen LogP contribution in [0.4, 0.5) is 0 Å². The Labute approximate surface area is 448 Å². The van der Waals surface area contributed by atoms with E-state index in [-0.39, 0.29) is 48.7 Å². The van der Waals surface area contributed by atoms with E-state index in [0.29, 0.717) is 35.4 Å². The number of carbonyl (C=O) groups excluding carboxylic acids is 7. The first kappa shape index (κ1) is 60.9. The van der Waals surface area contributed by atoms with Crippen LogP contribution in [0.1, 0.15) is 139 Å². The van der Waals surface area contributed by atoms with Crippen LogP contribution in [0.15, 0.2) is 48.5 Å². The minimum absolute atomic E-state index is 0.0801. The summed E-state index contributed by atoms with van der Waals surface area (Å²) in [7, 11) is 0. The fourth-order valence-electron chi connectivity index (χ4n) is 8.35. The number of hydrogen-bond donors (Lipinski definition) is 6. The topological polar surface area (TPSA) is 267 Å². The van der Waals surface area contributed by atoms with E-state index in [1.54, 1.807) is 41.7 Å². The Balaban J connectivity index is 1.45. The summed E-state index contributed by atoms with van der Waals surface area (Å²) in [5.74, 6) is -11.0. The third kappa shape index (κ3) is 16.7. The molecule has 3 amide bonds. The van der Waals surface area contributed by atoms with Crippen molar-refractivity contribution in [2.45, 2.75) is 138 Å². The molecule has 0 saturated heterocycles. The van der Waals surface area contributed by atoms with Gasteiger partial charge in [0.2, 0.25) is 11.8 Å². The summed E-state index contributed by atoms with van der Waals surface area (Å²) in [4.78, 5) is 135. The largest absolute Gasteiger partial charge is 0.481 e. The van der Waals surface area contributed by atoms with Gasteiger partial charge < -0.3 is 31.3 Å². The fraction of sp³-hybridized carbons (Fsp3) is 0.519. The van der Waals surface area contributed by atoms with Gasteiger partial charge in [0.15, 0.2) is 17.3 Å². The minimum atomic E-state index is -1.67. The highest BCUT2D eigenvalue weighted by Crippen LogP contribution is 2.43. The molecule has 74 heavy (non-hydrogen) atoms. The Hall–Kier alpha value is -5.70. The number of thiophene rings is 4. The summed E-state index contributed by atoms with van der Waals surface area (Å²) in [5, 5.41) is 36.0. The molecule has 16 nitrogen and oxygen atoms in total. The van der Waals surface area contributed by atoms with E-state index in [1.807, 2.05) is 84.9 Å². The molecular formula is C54H69N3O13S4. The maximum Gasteiger partial charge on any atom is 0.326 e. The van der Waals surface area contributed by atoms with E-state index in [4.69, 9.17) is 5.11 Å². The molecule has 10 atom stereocenters. The lowest BCUT2D eigenvalue weighted by atomic mass is 9.83. The van der Waals surface area contributed by atoms with Crippen molar-refractivity contribution in [1.82, 2.24) is 16.0 Å². The third-order valence-corrected chi connectivity index (χ3v) is 18.9. The first-order valence-electron chi connectivity index (χ1n) is 25.0. The summed E-state index contributed by atoms with van der Waals surface area (Å²) in [5.41, 5.74) is 0. The van der Waals surface area contributed by atoms with Crippen molar-refractivity contribution in [3.05, 3.63) is 58.3 Å². The highest BCUT2D eigenvalue weighted by Gasteiger charge is 2.37. The van der Waals surface area contributed by atoms with Crippen molar-refractivity contribution >= 4 is 104 Å². The Bertz CT molecular complexity index is 2480. The first-order valence-corrected chi connectivity index (χ1v) is 28.3. The van der Waals surface area contributed by atoms with Crippen LogP contribution < -0.4 is 16.0 Å². The van der Waals surface area contributed by atoms with Gasteiger partial charge in [0, 0.05) is 66.3 Å². The maximum absolute atomic E-state index is 13.9. The Morgan fingerprint density at radius 1 is 0.459 bits per heavy atom. The molecule has 0 fully saturated rings. The molecule has 402 valence electrons. The standard InChI is InChI=1S/C54H69N3O13S4/c1-10-27(5)33(52(67)56-49(29(7)12-3)37(60)22-32(31(9)58)23-47(62)63)24-36(59)39-14-15-40(71-39)41-16-17-42(72-41)43-18-19-44(73-43)45-20-21-46(74-45)53(68)57-50(30(8)13-4)38(61)25-34(28(6)11-2)51(66)55-35(54(69)70)26-48(64)65/h14-21,27-30,32-35,49-50H,10-13,22-26H2,1-9H3,(H,55,66)(H,56,67)(H,57,68)(H,62,63)(H,64,65)(H,69,70)/t27?,28?,29?,30?,32-,33-,34-,35-,49-,50-/m0/s1. The normalized spacial score (nSPS) is 15.5. The molecule has 0 aromatic carbocycles. The molecule has 0 aliphatic carbocycles. The van der Waals surface area contributed by atoms with Crippen LogP contribution in [-0.4, -0.2) is 92.2 Å². The van der Waals surface area contributed by atoms with Gasteiger partial charge >= 0.3 is 17.9 Å². The number of amides is 3. The van der Waals surface area contributed by atoms with Crippen molar-refractivity contribution in [3.8, 4) is 29.3 Å². The lowest BCUT2D eigenvalue weighted by Crippen LogP contribution is -2.49. The van der Waals surface area contributed by atoms with Crippen LogP contribution >= 0.6 is 45.3 Å². The Morgan fingerprint density at radius 2 is 0.851 bits per heavy atom. The van der Waals surface area contributed by atoms with Crippen LogP contribution in [0.25, 0.3) is 29.3 Å². The molecule has 0 aliphatic heterocycles. The van der Waals surface area contributed by atoms with Crippen LogP contribution in [0.3, 0.4) is 0 Å². The first-order chi connectivity index (χ1) is 34.9. The number of rotatable bonds is 32. The number of carboxylic acids is 3. The van der Waals surface area contributed by atoms with Gasteiger partial charge in [0.1, 0.15) is 11.8 Å². The number of hydrogen-bond acceptors (Lipinski definition) is 14. The molecule has 0 saturated carbocycles. The average molecular weight is 1100 g/mol. The number of Topliss-reactive ketones (excluding diaryl/α,β-unsaturated/α-hetero) is 4. The quantitative estimate of drug-likeness (QED) is 0.0249. The minimum Gasteiger partial charge on any atom is -0.481 e. The van der Waals surface area contributed by atoms with E-state index in [9.17, 15) is 58.2 Å². The zero-order valence-electron chi connectivity index (χ0n) is 43.3. The monoisotopic (exact) mass is 1100 g/mol. The van der Waals surface area contributed by atoms with Crippen LogP contribution in [-0.2, 0) is 38.4 Å². The molecular weight excluding hydrogens is 1030 g/mol. The summed E-state index contributed by atoms with van der Waals surface area (Å²) in [6.45, 7) is 16.0. The predicted octanol–water partition coefficient (Wildman–Crippen LogP) is 10.1. The maximum atomic E-state index is 13.9. The molecule has 6 N–H and O–H groups in total. The molecule has 4 aromatic heterocycles. The van der Waals surface area contributed by atoms with Gasteiger partial charge in [-0.25, -0.2) is 4.79 Å². The van der Waals surface area contributed by atoms with Crippen molar-refractivity contribution in [1.29, 1.82) is 0 Å². The van der Waals surface area contributed by atoms with E-state index in [2.05, 4.69) is 16.0 Å². The second-order valence-electron chi connectivity index (χ2n) is 19.2. The predicted molar refractivity (Wildman–Crippen MR) is 289 cm³/mol. The summed E-state index contributed by atoms with van der Waals surface area (Å²) in [6.07, 6.45) is 0.195. The SMILES string of the molecule is CCC(C)[C@H](CC(=O)[C@@H](NC(=O)c1ccc(-c2ccc(-c3ccc(-c4ccc(C(=O)C[C@H](C(=O)N[C@H](C(=O)C[C@@H](CC(=O)O)C(C)=O)C(C)CC)C(C)CC)s4)s3)s2)s1)C(C)CC)C(=O)N[C@@H](CC(=O)O)C(=O)O. The van der Waals surface area contributed by atoms with Gasteiger partial charge in [-0.3, -0.25) is 43.2 Å². The zero-order chi connectivity index (χ0) is 55.1. The van der Waals surface area contributed by atoms with Crippen LogP contribution in [0, 0.1) is 41.4 Å². The van der Waals surface area contributed by atoms with E-state index in [0.717, 1.165) is 29.3 Å². The van der Waals surface area contributed by atoms with Crippen molar-refractivity contribution in [2.24, 2.45) is 41.4 Å². The van der Waals surface area contributed by atoms with Gasteiger partial charge in [-0.05, 0) is 79.1 Å². The lowest BCUT2D eigenvalue weighted by Gasteiger charge is -2.28. The summed E-state index contributed by atoms with van der Waals surface area (Å²) >= 11 is 5.70. The average Bonchev–Trinajstić information content (AvgIpc) is 4.21. The molecule has 0 aliphatic rings. The highest BCUT2D eigenvalue weighted by molar-refractivity contribution is 7.29. The molecule has 0 bridgehead atoms. The molecule has 4 rings (SSSR count). The number of carboxylic acid groups (broad SMARTS) is 3. The van der Waals surface area contributed by atoms with Crippen LogP contribution in [0.5, 0.6) is 0 Å². The number of nitrogens with one attached hydrogen (secondary N) is 3. The second kappa shape index (κ2) is 28.3. The van der Waals surface area contributed by atoms with Gasteiger partial charge in [0.05, 0.1) is 34.7 Å². The van der Waals surface area contributed by atoms with E-state index < -0.39 is 102 Å². The van der Waals surface area contributed by atoms with E-state index >= 15 is 0 Å². The smallest absolute Gasteiger partial charge is 0.326 e. The summed E-state index contributed by atoms with van der Waals surface area (Å²) < 4.78 is 0. The number of ketones is 4. The fourth-order valence-corrected chi connectivity index (χ4v) is 12.5. The molecule has 0 radical (unpaired) electrons. The number of aliphatic carboxylic acids is 3. The third-order valence-electron chi connectivity index (χ3n) is 14.0. The molecule has 4 unspecified atom stereocenters. The van der Waals surface area contributed by atoms with Gasteiger partial charge in [-0.1, -0.05) is 81.1 Å². The Kier molecular flexibility index (Phi) is 23.2.